The lowest BCUT2D eigenvalue weighted by molar-refractivity contribution is -0.137. The van der Waals surface area contributed by atoms with E-state index in [0.29, 0.717) is 12.5 Å². The van der Waals surface area contributed by atoms with E-state index in [1.807, 2.05) is 0 Å². The van der Waals surface area contributed by atoms with Crippen molar-refractivity contribution in [2.24, 2.45) is 5.92 Å². The molecule has 0 spiro atoms. The van der Waals surface area contributed by atoms with Gasteiger partial charge in [0.15, 0.2) is 0 Å². The number of hydrogen-bond donors (Lipinski definition) is 1. The number of likely N-dealkylation sites (tertiary alicyclic amines) is 1. The Labute approximate surface area is 90.0 Å². The van der Waals surface area contributed by atoms with Gasteiger partial charge in [-0.05, 0) is 25.2 Å². The van der Waals surface area contributed by atoms with Gasteiger partial charge in [0.2, 0.25) is 11.8 Å². The van der Waals surface area contributed by atoms with Gasteiger partial charge in [-0.15, -0.1) is 0 Å². The van der Waals surface area contributed by atoms with Crippen molar-refractivity contribution in [3.63, 3.8) is 0 Å². The summed E-state index contributed by atoms with van der Waals surface area (Å²) in [6, 6.07) is 0.158. The number of likely N-dealkylation sites (N-methyl/N-ethyl adjacent to an activating group) is 1. The van der Waals surface area contributed by atoms with Gasteiger partial charge in [0.05, 0.1) is 12.5 Å². The van der Waals surface area contributed by atoms with E-state index in [0.717, 1.165) is 18.8 Å². The summed E-state index contributed by atoms with van der Waals surface area (Å²) in [6.07, 6.45) is 3.81. The molecule has 0 aromatic carbocycles. The quantitative estimate of drug-likeness (QED) is 0.676. The van der Waals surface area contributed by atoms with Crippen molar-refractivity contribution < 1.29 is 9.59 Å². The maximum absolute atomic E-state index is 11.6. The molecule has 0 bridgehead atoms. The zero-order valence-corrected chi connectivity index (χ0v) is 9.32. The van der Waals surface area contributed by atoms with Crippen LogP contribution in [0.5, 0.6) is 0 Å². The van der Waals surface area contributed by atoms with E-state index in [1.165, 1.54) is 11.3 Å². The minimum absolute atomic E-state index is 0.0662. The zero-order valence-electron chi connectivity index (χ0n) is 9.32. The second-order valence-electron chi connectivity index (χ2n) is 4.83. The molecule has 1 saturated carbocycles. The number of nitrogens with zero attached hydrogens (tertiary/aromatic N) is 1. The van der Waals surface area contributed by atoms with Gasteiger partial charge in [-0.1, -0.05) is 6.92 Å². The Bertz CT molecular complexity index is 290. The molecule has 4 nitrogen and oxygen atoms in total. The molecule has 1 heterocycles. The highest BCUT2D eigenvalue weighted by Crippen LogP contribution is 2.26. The maximum Gasteiger partial charge on any atom is 0.246 e. The van der Waals surface area contributed by atoms with Gasteiger partial charge >= 0.3 is 0 Å². The maximum atomic E-state index is 11.6. The highest BCUT2D eigenvalue weighted by atomic mass is 16.2. The summed E-state index contributed by atoms with van der Waals surface area (Å²) in [7, 11) is 1.56. The van der Waals surface area contributed by atoms with Crippen LogP contribution in [0.3, 0.4) is 0 Å². The predicted molar refractivity (Wildman–Crippen MR) is 56.1 cm³/mol. The summed E-state index contributed by atoms with van der Waals surface area (Å²) >= 11 is 0. The Morgan fingerprint density at radius 1 is 1.33 bits per heavy atom. The third kappa shape index (κ3) is 2.04. The van der Waals surface area contributed by atoms with Crippen LogP contribution in [0.4, 0.5) is 0 Å². The van der Waals surface area contributed by atoms with E-state index in [4.69, 9.17) is 0 Å². The van der Waals surface area contributed by atoms with Crippen LogP contribution < -0.4 is 5.32 Å². The van der Waals surface area contributed by atoms with Crippen molar-refractivity contribution in [2.75, 3.05) is 7.05 Å². The summed E-state index contributed by atoms with van der Waals surface area (Å²) < 4.78 is 0. The number of imide groups is 1. The van der Waals surface area contributed by atoms with Crippen molar-refractivity contribution in [1.82, 2.24) is 10.2 Å². The number of rotatable bonds is 2. The molecule has 2 amide bonds. The largest absolute Gasteiger partial charge is 0.303 e. The molecule has 4 heteroatoms. The van der Waals surface area contributed by atoms with Crippen LogP contribution in [-0.2, 0) is 9.59 Å². The first-order valence-electron chi connectivity index (χ1n) is 5.64. The molecule has 1 saturated heterocycles. The van der Waals surface area contributed by atoms with Crippen LogP contribution in [0, 0.1) is 5.92 Å². The minimum atomic E-state index is -0.266. The van der Waals surface area contributed by atoms with Gasteiger partial charge in [0.25, 0.3) is 0 Å². The van der Waals surface area contributed by atoms with Gasteiger partial charge in [-0.25, -0.2) is 0 Å². The standard InChI is InChI=1S/C11H18N2O2/c1-7-3-4-8(5-7)12-9-6-10(14)13(2)11(9)15/h7-9,12H,3-6H2,1-2H3. The lowest BCUT2D eigenvalue weighted by Crippen LogP contribution is -2.42. The number of nitrogens with one attached hydrogen (secondary N) is 1. The Kier molecular flexibility index (Phi) is 2.78. The van der Waals surface area contributed by atoms with E-state index in [-0.39, 0.29) is 17.9 Å². The molecular weight excluding hydrogens is 192 g/mol. The second-order valence-corrected chi connectivity index (χ2v) is 4.83. The van der Waals surface area contributed by atoms with Gasteiger partial charge < -0.3 is 5.32 Å². The van der Waals surface area contributed by atoms with Crippen LogP contribution in [0.2, 0.25) is 0 Å². The van der Waals surface area contributed by atoms with Crippen LogP contribution in [0.15, 0.2) is 0 Å². The molecule has 3 atom stereocenters. The van der Waals surface area contributed by atoms with E-state index >= 15 is 0 Å². The Morgan fingerprint density at radius 3 is 2.53 bits per heavy atom. The first-order chi connectivity index (χ1) is 7.08. The third-order valence-corrected chi connectivity index (χ3v) is 3.51. The number of hydrogen-bond acceptors (Lipinski definition) is 3. The molecule has 0 aromatic rings. The van der Waals surface area contributed by atoms with Crippen molar-refractivity contribution >= 4 is 11.8 Å². The zero-order chi connectivity index (χ0) is 11.0. The fourth-order valence-electron chi connectivity index (χ4n) is 2.53. The van der Waals surface area contributed by atoms with E-state index in [1.54, 1.807) is 7.05 Å². The van der Waals surface area contributed by atoms with Gasteiger partial charge in [0, 0.05) is 13.1 Å². The lowest BCUT2D eigenvalue weighted by atomic mass is 10.1. The molecule has 2 fully saturated rings. The molecule has 2 aliphatic rings. The highest BCUT2D eigenvalue weighted by Gasteiger charge is 2.37. The summed E-state index contributed by atoms with van der Waals surface area (Å²) in [5, 5.41) is 3.31. The predicted octanol–water partition coefficient (Wildman–Crippen LogP) is 0.522. The number of carbonyl (C=O) groups excluding carboxylic acids is 2. The smallest absolute Gasteiger partial charge is 0.246 e. The monoisotopic (exact) mass is 210 g/mol. The molecule has 1 N–H and O–H groups in total. The first kappa shape index (κ1) is 10.6. The van der Waals surface area contributed by atoms with E-state index in [2.05, 4.69) is 12.2 Å². The van der Waals surface area contributed by atoms with Crippen LogP contribution in [0.25, 0.3) is 0 Å². The fourth-order valence-corrected chi connectivity index (χ4v) is 2.53. The molecule has 0 aromatic heterocycles. The minimum Gasteiger partial charge on any atom is -0.303 e. The summed E-state index contributed by atoms with van der Waals surface area (Å²) in [5.74, 6) is 0.607. The first-order valence-corrected chi connectivity index (χ1v) is 5.64. The summed E-state index contributed by atoms with van der Waals surface area (Å²) in [4.78, 5) is 24.2. The molecule has 3 unspecified atom stereocenters. The molecule has 84 valence electrons. The normalized spacial score (nSPS) is 36.7. The average Bonchev–Trinajstić information content (AvgIpc) is 2.68. The molecule has 2 rings (SSSR count). The van der Waals surface area contributed by atoms with Gasteiger partial charge in [0.1, 0.15) is 0 Å². The average molecular weight is 210 g/mol. The van der Waals surface area contributed by atoms with Crippen LogP contribution >= 0.6 is 0 Å². The Balaban J connectivity index is 1.90. The summed E-state index contributed by atoms with van der Waals surface area (Å²) in [5.41, 5.74) is 0. The SMILES string of the molecule is CC1CCC(NC2CC(=O)N(C)C2=O)C1. The molecule has 0 radical (unpaired) electrons. The Hall–Kier alpha value is -0.900. The molecule has 1 aliphatic heterocycles. The lowest BCUT2D eigenvalue weighted by Gasteiger charge is -2.16. The summed E-state index contributed by atoms with van der Waals surface area (Å²) in [6.45, 7) is 2.23. The van der Waals surface area contributed by atoms with Gasteiger partial charge in [-0.3, -0.25) is 14.5 Å². The van der Waals surface area contributed by atoms with Crippen molar-refractivity contribution in [2.45, 2.75) is 44.7 Å². The van der Waals surface area contributed by atoms with Crippen molar-refractivity contribution in [3.05, 3.63) is 0 Å². The van der Waals surface area contributed by atoms with E-state index < -0.39 is 0 Å². The van der Waals surface area contributed by atoms with Crippen molar-refractivity contribution in [1.29, 1.82) is 0 Å². The molecule has 1 aliphatic carbocycles. The number of amides is 2. The van der Waals surface area contributed by atoms with Gasteiger partial charge in [-0.2, -0.15) is 0 Å². The number of carbonyl (C=O) groups is 2. The Morgan fingerprint density at radius 2 is 2.07 bits per heavy atom. The fraction of sp³-hybridized carbons (Fsp3) is 0.818. The topological polar surface area (TPSA) is 49.4 Å². The van der Waals surface area contributed by atoms with Crippen molar-refractivity contribution in [3.8, 4) is 0 Å². The van der Waals surface area contributed by atoms with E-state index in [9.17, 15) is 9.59 Å². The highest BCUT2D eigenvalue weighted by molar-refractivity contribution is 6.05. The molecular formula is C11H18N2O2. The molecule has 15 heavy (non-hydrogen) atoms. The van der Waals surface area contributed by atoms with Crippen LogP contribution in [0.1, 0.15) is 32.6 Å². The third-order valence-electron chi connectivity index (χ3n) is 3.51. The van der Waals surface area contributed by atoms with Crippen LogP contribution in [-0.4, -0.2) is 35.8 Å². The second kappa shape index (κ2) is 3.93.